The van der Waals surface area contributed by atoms with Crippen LogP contribution in [-0.2, 0) is 13.0 Å². The fraction of sp³-hybridized carbons (Fsp3) is 0.188. The molecule has 0 fully saturated rings. The Morgan fingerprint density at radius 1 is 1.14 bits per heavy atom. The quantitative estimate of drug-likeness (QED) is 0.563. The molecule has 4 nitrogen and oxygen atoms in total. The number of hydrogen-bond donors (Lipinski definition) is 2. The lowest BCUT2D eigenvalue weighted by atomic mass is 10.1. The van der Waals surface area contributed by atoms with Gasteiger partial charge in [0, 0.05) is 17.6 Å². The van der Waals surface area contributed by atoms with Gasteiger partial charge in [-0.05, 0) is 30.2 Å². The van der Waals surface area contributed by atoms with Crippen LogP contribution in [0, 0.1) is 0 Å². The standard InChI is InChI=1S/C16H17ClN4/c17-14-6-2-1-5-12(14)9-13(20-18)10-21-11-19-15-7-3-4-8-16(15)21/h1-8,11,13,20H,9-10,18H2. The van der Waals surface area contributed by atoms with Crippen LogP contribution in [0.1, 0.15) is 5.56 Å². The maximum absolute atomic E-state index is 6.21. The molecule has 108 valence electrons. The van der Waals surface area contributed by atoms with E-state index < -0.39 is 0 Å². The van der Waals surface area contributed by atoms with Gasteiger partial charge in [0.1, 0.15) is 0 Å². The zero-order valence-electron chi connectivity index (χ0n) is 11.5. The van der Waals surface area contributed by atoms with Crippen LogP contribution in [0.4, 0.5) is 0 Å². The van der Waals surface area contributed by atoms with E-state index in [0.29, 0.717) is 0 Å². The molecule has 0 spiro atoms. The van der Waals surface area contributed by atoms with Crippen LogP contribution in [0.15, 0.2) is 54.9 Å². The van der Waals surface area contributed by atoms with Crippen molar-refractivity contribution >= 4 is 22.6 Å². The molecule has 0 radical (unpaired) electrons. The van der Waals surface area contributed by atoms with Crippen LogP contribution in [-0.4, -0.2) is 15.6 Å². The van der Waals surface area contributed by atoms with E-state index in [0.717, 1.165) is 34.6 Å². The summed E-state index contributed by atoms with van der Waals surface area (Å²) < 4.78 is 2.11. The maximum atomic E-state index is 6.21. The first-order valence-corrected chi connectivity index (χ1v) is 7.25. The van der Waals surface area contributed by atoms with Gasteiger partial charge in [-0.15, -0.1) is 0 Å². The van der Waals surface area contributed by atoms with Crippen molar-refractivity contribution in [3.05, 3.63) is 65.4 Å². The number of benzene rings is 2. The molecule has 0 amide bonds. The molecule has 5 heteroatoms. The topological polar surface area (TPSA) is 55.9 Å². The van der Waals surface area contributed by atoms with Gasteiger partial charge in [-0.2, -0.15) is 0 Å². The second kappa shape index (κ2) is 6.26. The third-order valence-corrected chi connectivity index (χ3v) is 3.97. The molecule has 3 N–H and O–H groups in total. The van der Waals surface area contributed by atoms with E-state index >= 15 is 0 Å². The van der Waals surface area contributed by atoms with Crippen molar-refractivity contribution in [3.63, 3.8) is 0 Å². The third kappa shape index (κ3) is 3.08. The van der Waals surface area contributed by atoms with Crippen molar-refractivity contribution in [1.82, 2.24) is 15.0 Å². The van der Waals surface area contributed by atoms with Crippen molar-refractivity contribution in [3.8, 4) is 0 Å². The zero-order valence-corrected chi connectivity index (χ0v) is 12.3. The Balaban J connectivity index is 1.80. The highest BCUT2D eigenvalue weighted by Gasteiger charge is 2.12. The number of nitrogens with two attached hydrogens (primary N) is 1. The molecule has 3 aromatic rings. The Morgan fingerprint density at radius 2 is 1.90 bits per heavy atom. The molecule has 1 atom stereocenters. The molecule has 0 bridgehead atoms. The van der Waals surface area contributed by atoms with E-state index in [2.05, 4.69) is 21.0 Å². The minimum Gasteiger partial charge on any atom is -0.329 e. The van der Waals surface area contributed by atoms with Crippen LogP contribution >= 0.6 is 11.6 Å². The van der Waals surface area contributed by atoms with E-state index in [9.17, 15) is 0 Å². The van der Waals surface area contributed by atoms with Crippen molar-refractivity contribution < 1.29 is 0 Å². The summed E-state index contributed by atoms with van der Waals surface area (Å²) in [5.74, 6) is 5.70. The smallest absolute Gasteiger partial charge is 0.0958 e. The number of rotatable bonds is 5. The van der Waals surface area contributed by atoms with Crippen molar-refractivity contribution in [1.29, 1.82) is 0 Å². The molecule has 21 heavy (non-hydrogen) atoms. The molecule has 2 aromatic carbocycles. The fourth-order valence-electron chi connectivity index (χ4n) is 2.50. The first-order chi connectivity index (χ1) is 10.3. The maximum Gasteiger partial charge on any atom is 0.0958 e. The molecule has 0 saturated carbocycles. The Kier molecular flexibility index (Phi) is 4.20. The van der Waals surface area contributed by atoms with E-state index in [4.69, 9.17) is 17.4 Å². The molecule has 1 heterocycles. The highest BCUT2D eigenvalue weighted by Crippen LogP contribution is 2.18. The lowest BCUT2D eigenvalue weighted by molar-refractivity contribution is 0.461. The number of para-hydroxylation sites is 2. The Hall–Kier alpha value is -1.88. The lowest BCUT2D eigenvalue weighted by Gasteiger charge is -2.17. The predicted molar refractivity (Wildman–Crippen MR) is 86.0 cm³/mol. The first-order valence-electron chi connectivity index (χ1n) is 6.87. The second-order valence-corrected chi connectivity index (χ2v) is 5.45. The number of nitrogens with zero attached hydrogens (tertiary/aromatic N) is 2. The van der Waals surface area contributed by atoms with Gasteiger partial charge < -0.3 is 4.57 Å². The summed E-state index contributed by atoms with van der Waals surface area (Å²) in [6.07, 6.45) is 2.62. The van der Waals surface area contributed by atoms with Gasteiger partial charge in [-0.3, -0.25) is 11.3 Å². The minimum atomic E-state index is 0.0857. The first kappa shape index (κ1) is 14.1. The molecular weight excluding hydrogens is 284 g/mol. The van der Waals surface area contributed by atoms with Crippen LogP contribution in [0.5, 0.6) is 0 Å². The van der Waals surface area contributed by atoms with Crippen LogP contribution in [0.2, 0.25) is 5.02 Å². The van der Waals surface area contributed by atoms with Crippen molar-refractivity contribution in [2.45, 2.75) is 19.0 Å². The molecule has 0 saturated heterocycles. The molecule has 3 rings (SSSR count). The molecule has 0 aliphatic carbocycles. The summed E-state index contributed by atoms with van der Waals surface area (Å²) in [4.78, 5) is 4.40. The van der Waals surface area contributed by atoms with Gasteiger partial charge in [0.05, 0.1) is 17.4 Å². The average molecular weight is 301 g/mol. The number of hydrazine groups is 1. The van der Waals surface area contributed by atoms with Crippen LogP contribution in [0.25, 0.3) is 11.0 Å². The minimum absolute atomic E-state index is 0.0857. The third-order valence-electron chi connectivity index (χ3n) is 3.60. The highest BCUT2D eigenvalue weighted by molar-refractivity contribution is 6.31. The normalized spacial score (nSPS) is 12.7. The Morgan fingerprint density at radius 3 is 2.71 bits per heavy atom. The predicted octanol–water partition coefficient (Wildman–Crippen LogP) is 2.76. The van der Waals surface area contributed by atoms with E-state index in [1.807, 2.05) is 48.8 Å². The Labute approximate surface area is 128 Å². The number of nitrogens with one attached hydrogen (secondary N) is 1. The van der Waals surface area contributed by atoms with E-state index in [1.165, 1.54) is 0 Å². The SMILES string of the molecule is NNC(Cc1ccccc1Cl)Cn1cnc2ccccc21. The zero-order chi connectivity index (χ0) is 14.7. The summed E-state index contributed by atoms with van der Waals surface area (Å²) in [6.45, 7) is 0.738. The van der Waals surface area contributed by atoms with Crippen molar-refractivity contribution in [2.24, 2.45) is 5.84 Å². The van der Waals surface area contributed by atoms with Gasteiger partial charge >= 0.3 is 0 Å². The molecule has 1 unspecified atom stereocenters. The summed E-state index contributed by atoms with van der Waals surface area (Å²) >= 11 is 6.21. The van der Waals surface area contributed by atoms with Crippen LogP contribution in [0.3, 0.4) is 0 Å². The van der Waals surface area contributed by atoms with E-state index in [1.54, 1.807) is 0 Å². The highest BCUT2D eigenvalue weighted by atomic mass is 35.5. The van der Waals surface area contributed by atoms with Gasteiger partial charge in [0.2, 0.25) is 0 Å². The molecule has 0 aliphatic heterocycles. The summed E-state index contributed by atoms with van der Waals surface area (Å²) in [5, 5.41) is 0.772. The summed E-state index contributed by atoms with van der Waals surface area (Å²) in [7, 11) is 0. The fourth-order valence-corrected chi connectivity index (χ4v) is 2.71. The van der Waals surface area contributed by atoms with Gasteiger partial charge in [-0.1, -0.05) is 41.9 Å². The number of halogens is 1. The second-order valence-electron chi connectivity index (χ2n) is 5.04. The van der Waals surface area contributed by atoms with Gasteiger partial charge in [-0.25, -0.2) is 4.98 Å². The molecule has 0 aliphatic rings. The van der Waals surface area contributed by atoms with Crippen molar-refractivity contribution in [2.75, 3.05) is 0 Å². The summed E-state index contributed by atoms with van der Waals surface area (Å²) in [6, 6.07) is 16.0. The number of aromatic nitrogens is 2. The van der Waals surface area contributed by atoms with Gasteiger partial charge in [0.15, 0.2) is 0 Å². The number of hydrogen-bond acceptors (Lipinski definition) is 3. The monoisotopic (exact) mass is 300 g/mol. The average Bonchev–Trinajstić information content (AvgIpc) is 2.92. The van der Waals surface area contributed by atoms with Crippen LogP contribution < -0.4 is 11.3 Å². The lowest BCUT2D eigenvalue weighted by Crippen LogP contribution is -2.40. The molecule has 1 aromatic heterocycles. The van der Waals surface area contributed by atoms with Gasteiger partial charge in [0.25, 0.3) is 0 Å². The number of fused-ring (bicyclic) bond motifs is 1. The molecular formula is C16H17ClN4. The Bertz CT molecular complexity index is 738. The number of imidazole rings is 1. The van der Waals surface area contributed by atoms with E-state index in [-0.39, 0.29) is 6.04 Å². The summed E-state index contributed by atoms with van der Waals surface area (Å²) in [5.41, 5.74) is 6.06. The largest absolute Gasteiger partial charge is 0.329 e.